The van der Waals surface area contributed by atoms with Crippen LogP contribution in [0.4, 0.5) is 0 Å². The third kappa shape index (κ3) is 5.05. The van der Waals surface area contributed by atoms with Crippen molar-refractivity contribution in [3.05, 3.63) is 36.4 Å². The second-order valence-electron chi connectivity index (χ2n) is 2.85. The van der Waals surface area contributed by atoms with Crippen LogP contribution in [-0.2, 0) is 0 Å². The summed E-state index contributed by atoms with van der Waals surface area (Å²) in [5.41, 5.74) is 1.25. The van der Waals surface area contributed by atoms with Gasteiger partial charge in [-0.05, 0) is 17.0 Å². The maximum absolute atomic E-state index is 8.94. The molecule has 0 rings (SSSR count). The van der Waals surface area contributed by atoms with Crippen LogP contribution >= 0.6 is 0 Å². The van der Waals surface area contributed by atoms with Gasteiger partial charge in [0.1, 0.15) is 0 Å². The van der Waals surface area contributed by atoms with Crippen LogP contribution in [0, 0.1) is 5.92 Å². The number of hydrogen-bond acceptors (Lipinski definition) is 2. The molecule has 0 aromatic rings. The van der Waals surface area contributed by atoms with Crippen molar-refractivity contribution in [1.29, 1.82) is 0 Å². The molecule has 14 heavy (non-hydrogen) atoms. The van der Waals surface area contributed by atoms with Crippen LogP contribution in [0.1, 0.15) is 27.7 Å². The van der Waals surface area contributed by atoms with E-state index in [0.717, 1.165) is 5.57 Å². The van der Waals surface area contributed by atoms with Crippen LogP contribution in [0.2, 0.25) is 0 Å². The fourth-order valence-electron chi connectivity index (χ4n) is 1.06. The molecular weight excluding hydrogens is 175 g/mol. The van der Waals surface area contributed by atoms with Gasteiger partial charge in [-0.3, -0.25) is 0 Å². The molecule has 0 aliphatic carbocycles. The maximum atomic E-state index is 8.94. The molecule has 0 aliphatic heterocycles. The predicted molar refractivity (Wildman–Crippen MR) is 63.8 cm³/mol. The van der Waals surface area contributed by atoms with Gasteiger partial charge in [0.25, 0.3) is 0 Å². The first-order valence-electron chi connectivity index (χ1n) is 4.89. The molecular formula is C11H21BO2. The van der Waals surface area contributed by atoms with E-state index in [2.05, 4.69) is 13.2 Å². The van der Waals surface area contributed by atoms with Gasteiger partial charge < -0.3 is 10.0 Å². The van der Waals surface area contributed by atoms with Crippen molar-refractivity contribution in [3.63, 3.8) is 0 Å². The minimum atomic E-state index is -1.46. The molecule has 80 valence electrons. The molecule has 0 radical (unpaired) electrons. The molecule has 0 aromatic heterocycles. The lowest BCUT2D eigenvalue weighted by Gasteiger charge is -2.11. The highest BCUT2D eigenvalue weighted by atomic mass is 16.4. The van der Waals surface area contributed by atoms with E-state index in [4.69, 9.17) is 10.0 Å². The summed E-state index contributed by atoms with van der Waals surface area (Å²) in [6.45, 7) is 15.0. The molecule has 0 bridgehead atoms. The zero-order chi connectivity index (χ0) is 11.7. The van der Waals surface area contributed by atoms with Gasteiger partial charge in [-0.25, -0.2) is 0 Å². The third-order valence-corrected chi connectivity index (χ3v) is 1.67. The largest absolute Gasteiger partial charge is 0.488 e. The van der Waals surface area contributed by atoms with Crippen LogP contribution in [0.3, 0.4) is 0 Å². The Labute approximate surface area is 87.8 Å². The molecule has 0 aliphatic rings. The normalized spacial score (nSPS) is 11.1. The average Bonchev–Trinajstić information content (AvgIpc) is 2.15. The van der Waals surface area contributed by atoms with Gasteiger partial charge in [0.15, 0.2) is 0 Å². The first-order chi connectivity index (χ1) is 6.54. The lowest BCUT2D eigenvalue weighted by atomic mass is 9.74. The summed E-state index contributed by atoms with van der Waals surface area (Å²) >= 11 is 0. The summed E-state index contributed by atoms with van der Waals surface area (Å²) in [4.78, 5) is 0. The smallest absolute Gasteiger partial charge is 0.423 e. The highest BCUT2D eigenvalue weighted by Crippen LogP contribution is 2.17. The first-order valence-corrected chi connectivity index (χ1v) is 4.89. The second kappa shape index (κ2) is 8.79. The molecule has 2 nitrogen and oxygen atoms in total. The van der Waals surface area contributed by atoms with E-state index in [-0.39, 0.29) is 5.92 Å². The summed E-state index contributed by atoms with van der Waals surface area (Å²) < 4.78 is 0. The molecule has 0 atom stereocenters. The molecule has 3 heteroatoms. The van der Waals surface area contributed by atoms with Crippen LogP contribution in [0.15, 0.2) is 36.4 Å². The van der Waals surface area contributed by atoms with Crippen molar-refractivity contribution in [2.24, 2.45) is 5.92 Å². The zero-order valence-electron chi connectivity index (χ0n) is 9.62. The number of rotatable bonds is 4. The van der Waals surface area contributed by atoms with Crippen LogP contribution in [0.5, 0.6) is 0 Å². The fraction of sp³-hybridized carbons (Fsp3) is 0.455. The Morgan fingerprint density at radius 2 is 1.57 bits per heavy atom. The second-order valence-corrected chi connectivity index (χ2v) is 2.85. The van der Waals surface area contributed by atoms with Gasteiger partial charge in [0, 0.05) is 0 Å². The summed E-state index contributed by atoms with van der Waals surface area (Å²) in [6, 6.07) is 0. The van der Waals surface area contributed by atoms with Gasteiger partial charge >= 0.3 is 7.12 Å². The van der Waals surface area contributed by atoms with E-state index in [1.807, 2.05) is 27.7 Å². The summed E-state index contributed by atoms with van der Waals surface area (Å²) in [7, 11) is -1.46. The van der Waals surface area contributed by atoms with Crippen molar-refractivity contribution >= 4 is 7.12 Å². The topological polar surface area (TPSA) is 40.5 Å². The lowest BCUT2D eigenvalue weighted by Crippen LogP contribution is -2.17. The van der Waals surface area contributed by atoms with Gasteiger partial charge in [-0.2, -0.15) is 0 Å². The summed E-state index contributed by atoms with van der Waals surface area (Å²) in [6.07, 6.45) is 3.07. The van der Waals surface area contributed by atoms with Crippen LogP contribution < -0.4 is 0 Å². The third-order valence-electron chi connectivity index (χ3n) is 1.67. The number of allylic oxidation sites excluding steroid dienone is 4. The van der Waals surface area contributed by atoms with Gasteiger partial charge in [0.05, 0.1) is 0 Å². The molecule has 0 amide bonds. The van der Waals surface area contributed by atoms with Crippen molar-refractivity contribution in [3.8, 4) is 0 Å². The van der Waals surface area contributed by atoms with Crippen LogP contribution in [0.25, 0.3) is 0 Å². The maximum Gasteiger partial charge on any atom is 0.488 e. The monoisotopic (exact) mass is 196 g/mol. The standard InChI is InChI=1S/C9H15BO2.C2H6/c1-5-8(7(3)4)9(6-2)10(11)12;1-2/h5-7,11-12H,1-2H2,3-4H3;1-2H3/b9-8-;. The Morgan fingerprint density at radius 1 is 1.14 bits per heavy atom. The van der Waals surface area contributed by atoms with Gasteiger partial charge in [0.2, 0.25) is 0 Å². The van der Waals surface area contributed by atoms with Gasteiger partial charge in [-0.1, -0.05) is 53.0 Å². The molecule has 0 aromatic carbocycles. The van der Waals surface area contributed by atoms with Gasteiger partial charge in [-0.15, -0.1) is 0 Å². The minimum absolute atomic E-state index is 0.220. The Bertz CT molecular complexity index is 183. The highest BCUT2D eigenvalue weighted by Gasteiger charge is 2.16. The van der Waals surface area contributed by atoms with E-state index in [0.29, 0.717) is 5.47 Å². The van der Waals surface area contributed by atoms with Crippen molar-refractivity contribution in [2.75, 3.05) is 0 Å². The summed E-state index contributed by atoms with van der Waals surface area (Å²) in [5, 5.41) is 17.9. The van der Waals surface area contributed by atoms with Crippen molar-refractivity contribution in [1.82, 2.24) is 0 Å². The molecule has 0 fully saturated rings. The van der Waals surface area contributed by atoms with Crippen molar-refractivity contribution in [2.45, 2.75) is 27.7 Å². The quantitative estimate of drug-likeness (QED) is 0.535. The van der Waals surface area contributed by atoms with Crippen LogP contribution in [-0.4, -0.2) is 17.2 Å². The first kappa shape index (κ1) is 15.7. The molecule has 0 saturated heterocycles. The Balaban J connectivity index is 0. The molecule has 0 unspecified atom stereocenters. The molecule has 2 N–H and O–H groups in total. The fourth-order valence-corrected chi connectivity index (χ4v) is 1.06. The Hall–Kier alpha value is -0.795. The Kier molecular flexibility index (Phi) is 9.83. The van der Waals surface area contributed by atoms with Crippen molar-refractivity contribution < 1.29 is 10.0 Å². The van der Waals surface area contributed by atoms with E-state index >= 15 is 0 Å². The molecule has 0 spiro atoms. The van der Waals surface area contributed by atoms with E-state index < -0.39 is 7.12 Å². The molecule has 0 heterocycles. The minimum Gasteiger partial charge on any atom is -0.423 e. The lowest BCUT2D eigenvalue weighted by molar-refractivity contribution is 0.419. The predicted octanol–water partition coefficient (Wildman–Crippen LogP) is 2.35. The van der Waals surface area contributed by atoms with E-state index in [1.165, 1.54) is 6.08 Å². The highest BCUT2D eigenvalue weighted by molar-refractivity contribution is 6.52. The summed E-state index contributed by atoms with van der Waals surface area (Å²) in [5.74, 6) is 0.220. The Morgan fingerprint density at radius 3 is 1.64 bits per heavy atom. The van der Waals surface area contributed by atoms with E-state index in [1.54, 1.807) is 6.08 Å². The molecule has 0 saturated carbocycles. The van der Waals surface area contributed by atoms with E-state index in [9.17, 15) is 0 Å². The average molecular weight is 196 g/mol. The SMILES string of the molecule is C=C/C(B(O)O)=C(\C=C)C(C)C.CC. The number of hydrogen-bond donors (Lipinski definition) is 2. The zero-order valence-corrected chi connectivity index (χ0v) is 9.62.